The van der Waals surface area contributed by atoms with E-state index in [2.05, 4.69) is 30.5 Å². The van der Waals surface area contributed by atoms with E-state index in [9.17, 15) is 5.11 Å². The highest BCUT2D eigenvalue weighted by Crippen LogP contribution is 2.41. The molecule has 0 amide bonds. The second-order valence-electron chi connectivity index (χ2n) is 7.76. The van der Waals surface area contributed by atoms with Gasteiger partial charge in [0.1, 0.15) is 28.9 Å². The molecule has 1 aliphatic carbocycles. The van der Waals surface area contributed by atoms with Gasteiger partial charge in [-0.25, -0.2) is 9.97 Å². The van der Waals surface area contributed by atoms with Crippen molar-refractivity contribution in [1.82, 2.24) is 30.0 Å². The molecule has 0 fully saturated rings. The van der Waals surface area contributed by atoms with Crippen molar-refractivity contribution >= 4 is 44.1 Å². The van der Waals surface area contributed by atoms with Gasteiger partial charge in [-0.1, -0.05) is 0 Å². The SMILES string of the molecule is COc1nc2[nH]ncc2cc1Nc1ncnc2sc3c(c12)CC[C@H](C(O)N(C)C)C3. The van der Waals surface area contributed by atoms with E-state index in [0.29, 0.717) is 11.5 Å². The predicted molar refractivity (Wildman–Crippen MR) is 116 cm³/mol. The van der Waals surface area contributed by atoms with E-state index in [4.69, 9.17) is 4.74 Å². The molecule has 30 heavy (non-hydrogen) atoms. The smallest absolute Gasteiger partial charge is 0.239 e. The van der Waals surface area contributed by atoms with Gasteiger partial charge in [0.05, 0.1) is 18.7 Å². The van der Waals surface area contributed by atoms with Crippen LogP contribution in [0, 0.1) is 5.92 Å². The first-order valence-electron chi connectivity index (χ1n) is 9.80. The molecular formula is C20H23N7O2S. The van der Waals surface area contributed by atoms with Crippen molar-refractivity contribution in [3.63, 3.8) is 0 Å². The molecule has 0 aromatic carbocycles. The predicted octanol–water partition coefficient (Wildman–Crippen LogP) is 2.70. The lowest BCUT2D eigenvalue weighted by molar-refractivity contribution is -0.0142. The highest BCUT2D eigenvalue weighted by atomic mass is 32.1. The molecule has 5 rings (SSSR count). The molecule has 3 N–H and O–H groups in total. The zero-order chi connectivity index (χ0) is 20.8. The second-order valence-corrected chi connectivity index (χ2v) is 8.85. The van der Waals surface area contributed by atoms with E-state index >= 15 is 0 Å². The van der Waals surface area contributed by atoms with Crippen LogP contribution >= 0.6 is 11.3 Å². The number of rotatable bonds is 5. The van der Waals surface area contributed by atoms with Crippen molar-refractivity contribution < 1.29 is 9.84 Å². The van der Waals surface area contributed by atoms with Gasteiger partial charge in [-0.2, -0.15) is 10.1 Å². The maximum Gasteiger partial charge on any atom is 0.239 e. The summed E-state index contributed by atoms with van der Waals surface area (Å²) in [6.45, 7) is 0. The van der Waals surface area contributed by atoms with Crippen molar-refractivity contribution in [2.75, 3.05) is 26.5 Å². The number of fused-ring (bicyclic) bond motifs is 4. The number of nitrogens with zero attached hydrogens (tertiary/aromatic N) is 5. The lowest BCUT2D eigenvalue weighted by Crippen LogP contribution is -2.37. The number of hydrogen-bond donors (Lipinski definition) is 3. The monoisotopic (exact) mass is 425 g/mol. The minimum atomic E-state index is -0.441. The molecule has 1 unspecified atom stereocenters. The summed E-state index contributed by atoms with van der Waals surface area (Å²) >= 11 is 1.69. The Labute approximate surface area is 177 Å². The Morgan fingerprint density at radius 2 is 2.23 bits per heavy atom. The molecule has 0 saturated carbocycles. The number of nitrogens with one attached hydrogen (secondary N) is 2. The van der Waals surface area contributed by atoms with E-state index in [1.54, 1.807) is 31.0 Å². The molecule has 0 radical (unpaired) electrons. The summed E-state index contributed by atoms with van der Waals surface area (Å²) in [5.74, 6) is 1.43. The first-order chi connectivity index (χ1) is 14.5. The number of methoxy groups -OCH3 is 1. The van der Waals surface area contributed by atoms with Crippen molar-refractivity contribution in [2.24, 2.45) is 5.92 Å². The molecular weight excluding hydrogens is 402 g/mol. The van der Waals surface area contributed by atoms with E-state index < -0.39 is 6.23 Å². The Hall–Kier alpha value is -2.82. The number of thiophene rings is 1. The summed E-state index contributed by atoms with van der Waals surface area (Å²) in [6, 6.07) is 1.95. The zero-order valence-corrected chi connectivity index (χ0v) is 17.8. The number of hydrogen-bond acceptors (Lipinski definition) is 9. The molecule has 9 nitrogen and oxygen atoms in total. The molecule has 0 spiro atoms. The van der Waals surface area contributed by atoms with Gasteiger partial charge in [-0.15, -0.1) is 11.3 Å². The van der Waals surface area contributed by atoms with Gasteiger partial charge >= 0.3 is 0 Å². The molecule has 4 aromatic rings. The molecule has 0 bridgehead atoms. The number of anilines is 2. The highest BCUT2D eigenvalue weighted by molar-refractivity contribution is 7.19. The minimum Gasteiger partial charge on any atom is -0.479 e. The van der Waals surface area contributed by atoms with Crippen molar-refractivity contribution in [3.8, 4) is 5.88 Å². The average Bonchev–Trinajstić information content (AvgIpc) is 3.35. The van der Waals surface area contributed by atoms with Crippen LogP contribution in [-0.4, -0.2) is 62.6 Å². The Kier molecular flexibility index (Phi) is 4.76. The number of aromatic amines is 1. The Bertz CT molecular complexity index is 1220. The number of pyridine rings is 1. The van der Waals surface area contributed by atoms with Gasteiger partial charge in [-0.05, 0) is 45.0 Å². The van der Waals surface area contributed by atoms with Crippen LogP contribution in [0.1, 0.15) is 16.9 Å². The summed E-state index contributed by atoms with van der Waals surface area (Å²) in [7, 11) is 5.42. The molecule has 1 aliphatic rings. The summed E-state index contributed by atoms with van der Waals surface area (Å²) in [5, 5.41) is 22.7. The molecule has 4 aromatic heterocycles. The molecule has 2 atom stereocenters. The Morgan fingerprint density at radius 3 is 3.03 bits per heavy atom. The van der Waals surface area contributed by atoms with Gasteiger partial charge in [0.25, 0.3) is 0 Å². The summed E-state index contributed by atoms with van der Waals surface area (Å²) < 4.78 is 5.47. The first kappa shape index (κ1) is 19.2. The summed E-state index contributed by atoms with van der Waals surface area (Å²) in [4.78, 5) is 17.6. The molecule has 0 saturated heterocycles. The fourth-order valence-corrected chi connectivity index (χ4v) is 5.42. The van der Waals surface area contributed by atoms with Gasteiger partial charge in [-0.3, -0.25) is 10.00 Å². The Balaban J connectivity index is 1.54. The van der Waals surface area contributed by atoms with Crippen molar-refractivity contribution in [2.45, 2.75) is 25.5 Å². The number of aliphatic hydroxyl groups excluding tert-OH is 1. The van der Waals surface area contributed by atoms with E-state index in [0.717, 1.165) is 46.4 Å². The number of aromatic nitrogens is 5. The fraction of sp³-hybridized carbons (Fsp3) is 0.400. The normalized spacial score (nSPS) is 17.4. The van der Waals surface area contributed by atoms with Crippen molar-refractivity contribution in [3.05, 3.63) is 29.0 Å². The van der Waals surface area contributed by atoms with Gasteiger partial charge < -0.3 is 15.2 Å². The Morgan fingerprint density at radius 1 is 1.37 bits per heavy atom. The van der Waals surface area contributed by atoms with Crippen LogP contribution < -0.4 is 10.1 Å². The summed E-state index contributed by atoms with van der Waals surface area (Å²) in [5.41, 5.74) is 2.67. The third-order valence-corrected chi connectivity index (χ3v) is 6.83. The van der Waals surface area contributed by atoms with E-state index in [1.165, 1.54) is 10.4 Å². The van der Waals surface area contributed by atoms with Gasteiger partial charge in [0.2, 0.25) is 5.88 Å². The van der Waals surface area contributed by atoms with Crippen LogP contribution in [0.15, 0.2) is 18.6 Å². The largest absolute Gasteiger partial charge is 0.479 e. The number of aliphatic hydroxyl groups is 1. The van der Waals surface area contributed by atoms with Crippen LogP contribution in [0.4, 0.5) is 11.5 Å². The van der Waals surface area contributed by atoms with E-state index in [1.807, 2.05) is 25.1 Å². The molecule has 10 heteroatoms. The lowest BCUT2D eigenvalue weighted by Gasteiger charge is -2.30. The third kappa shape index (κ3) is 3.17. The third-order valence-electron chi connectivity index (χ3n) is 5.67. The standard InChI is InChI=1S/C20H23N7O2S/c1-27(2)20(28)10-4-5-12-14(7-10)30-19-15(12)17(21-9-22-19)24-13-6-11-8-23-26-16(11)25-18(13)29-3/h6,8-10,20,28H,4-5,7H2,1-3H3,(H,21,22,24)(H,23,25,26)/t10-,20?/m0/s1. The maximum atomic E-state index is 10.5. The van der Waals surface area contributed by atoms with Crippen LogP contribution in [0.2, 0.25) is 0 Å². The van der Waals surface area contributed by atoms with Crippen LogP contribution in [0.25, 0.3) is 21.3 Å². The molecule has 156 valence electrons. The number of aryl methyl sites for hydroxylation is 1. The van der Waals surface area contributed by atoms with E-state index in [-0.39, 0.29) is 5.92 Å². The molecule has 4 heterocycles. The molecule has 0 aliphatic heterocycles. The topological polar surface area (TPSA) is 112 Å². The second kappa shape index (κ2) is 7.46. The first-order valence-corrected chi connectivity index (χ1v) is 10.6. The fourth-order valence-electron chi connectivity index (χ4n) is 4.14. The zero-order valence-electron chi connectivity index (χ0n) is 17.0. The van der Waals surface area contributed by atoms with Crippen LogP contribution in [-0.2, 0) is 12.8 Å². The average molecular weight is 426 g/mol. The summed E-state index contributed by atoms with van der Waals surface area (Å²) in [6.07, 6.45) is 5.53. The maximum absolute atomic E-state index is 10.5. The quantitative estimate of drug-likeness (QED) is 0.419. The highest BCUT2D eigenvalue weighted by Gasteiger charge is 2.30. The lowest BCUT2D eigenvalue weighted by atomic mass is 9.86. The number of ether oxygens (including phenoxy) is 1. The number of H-pyrrole nitrogens is 1. The van der Waals surface area contributed by atoms with Crippen LogP contribution in [0.3, 0.4) is 0 Å². The van der Waals surface area contributed by atoms with Crippen LogP contribution in [0.5, 0.6) is 5.88 Å². The van der Waals surface area contributed by atoms with Crippen molar-refractivity contribution in [1.29, 1.82) is 0 Å². The van der Waals surface area contributed by atoms with Gasteiger partial charge in [0.15, 0.2) is 5.65 Å². The van der Waals surface area contributed by atoms with Gasteiger partial charge in [0, 0.05) is 16.2 Å². The minimum absolute atomic E-state index is 0.220.